The molecule has 0 aliphatic heterocycles. The molecule has 0 aliphatic rings. The lowest BCUT2D eigenvalue weighted by molar-refractivity contribution is 0.913. The van der Waals surface area contributed by atoms with E-state index in [2.05, 4.69) is 20.2 Å². The van der Waals surface area contributed by atoms with Gasteiger partial charge in [0.2, 0.25) is 0 Å². The number of pyridine rings is 1. The summed E-state index contributed by atoms with van der Waals surface area (Å²) >= 11 is 0. The van der Waals surface area contributed by atoms with Gasteiger partial charge in [-0.15, -0.1) is 0 Å². The fourth-order valence-electron chi connectivity index (χ4n) is 2.03. The van der Waals surface area contributed by atoms with Crippen molar-refractivity contribution in [3.63, 3.8) is 0 Å². The van der Waals surface area contributed by atoms with Crippen molar-refractivity contribution in [2.45, 2.75) is 0 Å². The van der Waals surface area contributed by atoms with Gasteiger partial charge in [0.05, 0.1) is 17.9 Å². The van der Waals surface area contributed by atoms with E-state index in [1.54, 1.807) is 35.5 Å². The zero-order chi connectivity index (χ0) is 11.9. The Labute approximate surface area is 102 Å². The van der Waals surface area contributed by atoms with E-state index < -0.39 is 0 Å². The highest BCUT2D eigenvalue weighted by Gasteiger charge is 2.10. The van der Waals surface area contributed by atoms with E-state index in [1.807, 2.05) is 23.0 Å². The van der Waals surface area contributed by atoms with Crippen LogP contribution in [0.4, 0.5) is 0 Å². The highest BCUT2D eigenvalue weighted by molar-refractivity contribution is 5.80. The molecule has 0 saturated heterocycles. The lowest BCUT2D eigenvalue weighted by Gasteiger charge is -1.99. The molecule has 0 radical (unpaired) electrons. The average molecular weight is 236 g/mol. The zero-order valence-electron chi connectivity index (χ0n) is 9.30. The monoisotopic (exact) mass is 236 g/mol. The molecule has 0 amide bonds. The van der Waals surface area contributed by atoms with E-state index in [1.165, 1.54) is 0 Å². The van der Waals surface area contributed by atoms with Crippen molar-refractivity contribution in [3.05, 3.63) is 49.3 Å². The molecule has 4 aromatic heterocycles. The second kappa shape index (κ2) is 3.36. The highest BCUT2D eigenvalue weighted by atomic mass is 15.3. The van der Waals surface area contributed by atoms with Crippen molar-refractivity contribution >= 4 is 16.6 Å². The Hall–Kier alpha value is -2.76. The third kappa shape index (κ3) is 1.17. The number of fused-ring (bicyclic) bond motifs is 2. The first-order valence-electron chi connectivity index (χ1n) is 5.50. The van der Waals surface area contributed by atoms with Gasteiger partial charge < -0.3 is 0 Å². The van der Waals surface area contributed by atoms with Crippen LogP contribution in [-0.2, 0) is 0 Å². The minimum atomic E-state index is 0.777. The van der Waals surface area contributed by atoms with E-state index in [-0.39, 0.29) is 0 Å². The van der Waals surface area contributed by atoms with Crippen LogP contribution >= 0.6 is 0 Å². The summed E-state index contributed by atoms with van der Waals surface area (Å²) in [6.45, 7) is 0. The summed E-state index contributed by atoms with van der Waals surface area (Å²) in [6.07, 6.45) is 10.7. The van der Waals surface area contributed by atoms with Crippen LogP contribution in [0.15, 0.2) is 49.3 Å². The molecule has 0 aliphatic carbocycles. The number of hydrogen-bond acceptors (Lipinski definition) is 4. The van der Waals surface area contributed by atoms with Crippen molar-refractivity contribution in [3.8, 4) is 5.69 Å². The third-order valence-corrected chi connectivity index (χ3v) is 2.86. The maximum atomic E-state index is 4.37. The first-order chi connectivity index (χ1) is 8.93. The van der Waals surface area contributed by atoms with Gasteiger partial charge >= 0.3 is 0 Å². The fourth-order valence-corrected chi connectivity index (χ4v) is 2.03. The number of aromatic nitrogens is 6. The molecule has 18 heavy (non-hydrogen) atoms. The topological polar surface area (TPSA) is 60.9 Å². The summed E-state index contributed by atoms with van der Waals surface area (Å²) in [5.41, 5.74) is 2.63. The Morgan fingerprint density at radius 1 is 1.00 bits per heavy atom. The predicted octanol–water partition coefficient (Wildman–Crippen LogP) is 1.46. The molecule has 0 N–H and O–H groups in total. The lowest BCUT2D eigenvalue weighted by Crippen LogP contribution is -1.96. The van der Waals surface area contributed by atoms with Gasteiger partial charge in [0.1, 0.15) is 5.69 Å². The van der Waals surface area contributed by atoms with E-state index >= 15 is 0 Å². The van der Waals surface area contributed by atoms with Crippen LogP contribution in [0, 0.1) is 0 Å². The molecule has 4 rings (SSSR count). The van der Waals surface area contributed by atoms with Crippen LogP contribution in [0.5, 0.6) is 0 Å². The summed E-state index contributed by atoms with van der Waals surface area (Å²) in [4.78, 5) is 8.41. The predicted molar refractivity (Wildman–Crippen MR) is 65.4 cm³/mol. The van der Waals surface area contributed by atoms with E-state index in [9.17, 15) is 0 Å². The summed E-state index contributed by atoms with van der Waals surface area (Å²) in [6, 6.07) is 3.77. The molecule has 0 unspecified atom stereocenters. The molecule has 0 spiro atoms. The summed E-state index contributed by atoms with van der Waals surface area (Å²) < 4.78 is 3.55. The summed E-state index contributed by atoms with van der Waals surface area (Å²) in [7, 11) is 0. The van der Waals surface area contributed by atoms with E-state index in [0.717, 1.165) is 22.2 Å². The van der Waals surface area contributed by atoms with Gasteiger partial charge in [-0.2, -0.15) is 10.2 Å². The molecule has 0 aromatic carbocycles. The van der Waals surface area contributed by atoms with Crippen molar-refractivity contribution in [2.24, 2.45) is 0 Å². The lowest BCUT2D eigenvalue weighted by atomic mass is 10.3. The maximum absolute atomic E-state index is 4.37. The fraction of sp³-hybridized carbons (Fsp3) is 0. The SMILES string of the molecule is c1cnc2c(-n3ncc4cnccc43)cnn2c1. The molecule has 0 bridgehead atoms. The molecule has 0 saturated carbocycles. The van der Waals surface area contributed by atoms with Gasteiger partial charge in [-0.1, -0.05) is 0 Å². The third-order valence-electron chi connectivity index (χ3n) is 2.86. The Balaban J connectivity index is 2.08. The minimum Gasteiger partial charge on any atom is -0.264 e. The summed E-state index contributed by atoms with van der Waals surface area (Å²) in [5, 5.41) is 9.62. The van der Waals surface area contributed by atoms with Crippen LogP contribution in [0.3, 0.4) is 0 Å². The van der Waals surface area contributed by atoms with Gasteiger partial charge in [0.25, 0.3) is 0 Å². The molecule has 86 valence electrons. The van der Waals surface area contributed by atoms with Crippen LogP contribution in [0.2, 0.25) is 0 Å². The molecule has 6 nitrogen and oxygen atoms in total. The molecule has 4 heterocycles. The van der Waals surface area contributed by atoms with Crippen molar-refractivity contribution in [2.75, 3.05) is 0 Å². The summed E-state index contributed by atoms with van der Waals surface area (Å²) in [5.74, 6) is 0. The maximum Gasteiger partial charge on any atom is 0.181 e. The molecule has 4 aromatic rings. The van der Waals surface area contributed by atoms with Crippen molar-refractivity contribution < 1.29 is 0 Å². The second-order valence-electron chi connectivity index (χ2n) is 3.91. The van der Waals surface area contributed by atoms with Gasteiger partial charge in [-0.3, -0.25) is 4.98 Å². The average Bonchev–Trinajstić information content (AvgIpc) is 3.01. The Morgan fingerprint density at radius 2 is 2.00 bits per heavy atom. The first kappa shape index (κ1) is 9.29. The number of rotatable bonds is 1. The Morgan fingerprint density at radius 3 is 3.00 bits per heavy atom. The number of nitrogens with zero attached hydrogens (tertiary/aromatic N) is 6. The molecule has 0 fully saturated rings. The van der Waals surface area contributed by atoms with E-state index in [0.29, 0.717) is 0 Å². The zero-order valence-corrected chi connectivity index (χ0v) is 9.30. The molecule has 0 atom stereocenters. The van der Waals surface area contributed by atoms with Crippen molar-refractivity contribution in [1.82, 2.24) is 29.4 Å². The van der Waals surface area contributed by atoms with Crippen LogP contribution < -0.4 is 0 Å². The highest BCUT2D eigenvalue weighted by Crippen LogP contribution is 2.19. The van der Waals surface area contributed by atoms with Crippen LogP contribution in [-0.4, -0.2) is 29.4 Å². The van der Waals surface area contributed by atoms with Gasteiger partial charge in [0.15, 0.2) is 5.65 Å². The molecule has 6 heteroatoms. The van der Waals surface area contributed by atoms with E-state index in [4.69, 9.17) is 0 Å². The minimum absolute atomic E-state index is 0.777. The Bertz CT molecular complexity index is 772. The quantitative estimate of drug-likeness (QED) is 0.502. The smallest absolute Gasteiger partial charge is 0.181 e. The van der Waals surface area contributed by atoms with Crippen molar-refractivity contribution in [1.29, 1.82) is 0 Å². The van der Waals surface area contributed by atoms with Gasteiger partial charge in [-0.25, -0.2) is 14.2 Å². The molecular weight excluding hydrogens is 228 g/mol. The van der Waals surface area contributed by atoms with Crippen LogP contribution in [0.1, 0.15) is 0 Å². The largest absolute Gasteiger partial charge is 0.264 e. The first-order valence-corrected chi connectivity index (χ1v) is 5.50. The Kier molecular flexibility index (Phi) is 1.74. The standard InChI is InChI=1S/C12H8N6/c1-3-14-12-11(8-15-17(12)5-1)18-10-2-4-13-6-9(10)7-16-18/h1-8H. The van der Waals surface area contributed by atoms with Gasteiger partial charge in [0, 0.05) is 30.2 Å². The normalized spacial score (nSPS) is 11.3. The number of hydrogen-bond donors (Lipinski definition) is 0. The van der Waals surface area contributed by atoms with Gasteiger partial charge in [-0.05, 0) is 12.1 Å². The van der Waals surface area contributed by atoms with Crippen LogP contribution in [0.25, 0.3) is 22.2 Å². The molecular formula is C12H8N6. The second-order valence-corrected chi connectivity index (χ2v) is 3.91.